The number of hydrogen-bond acceptors (Lipinski definition) is 8. The Morgan fingerprint density at radius 2 is 1.77 bits per heavy atom. The van der Waals surface area contributed by atoms with Crippen LogP contribution < -0.4 is 10.6 Å². The fourth-order valence-corrected chi connectivity index (χ4v) is 4.16. The van der Waals surface area contributed by atoms with Gasteiger partial charge in [-0.1, -0.05) is 36.4 Å². The first kappa shape index (κ1) is 31.9. The molecule has 0 aliphatic carbocycles. The molecule has 2 N–H and O–H groups in total. The topological polar surface area (TPSA) is 115 Å². The van der Waals surface area contributed by atoms with Crippen LogP contribution in [0.15, 0.2) is 47.8 Å². The van der Waals surface area contributed by atoms with Gasteiger partial charge in [-0.3, -0.25) is 0 Å². The molecule has 0 fully saturated rings. The summed E-state index contributed by atoms with van der Waals surface area (Å²) in [7, 11) is 1.58. The van der Waals surface area contributed by atoms with Crippen molar-refractivity contribution in [1.29, 1.82) is 0 Å². The van der Waals surface area contributed by atoms with Gasteiger partial charge in [0.25, 0.3) is 0 Å². The van der Waals surface area contributed by atoms with E-state index in [2.05, 4.69) is 10.6 Å². The number of alkyl carbamates (subject to hydrolysis) is 2. The molecule has 1 aromatic heterocycles. The van der Waals surface area contributed by atoms with Gasteiger partial charge in [0.1, 0.15) is 18.8 Å². The van der Waals surface area contributed by atoms with Crippen LogP contribution in [-0.4, -0.2) is 68.2 Å². The Morgan fingerprint density at radius 1 is 1.00 bits per heavy atom. The molecule has 2 aromatic rings. The van der Waals surface area contributed by atoms with Gasteiger partial charge in [-0.2, -0.15) is 0 Å². The largest absolute Gasteiger partial charge is 0.447 e. The summed E-state index contributed by atoms with van der Waals surface area (Å²) < 4.78 is 21.3. The molecule has 0 radical (unpaired) electrons. The van der Waals surface area contributed by atoms with E-state index in [0.717, 1.165) is 10.4 Å². The van der Waals surface area contributed by atoms with Gasteiger partial charge in [-0.25, -0.2) is 14.4 Å². The number of thiophene rings is 1. The molecule has 11 heteroatoms. The number of nitrogens with one attached hydrogen (secondary N) is 2. The number of carbonyl (C=O) groups excluding carboxylic acids is 3. The summed E-state index contributed by atoms with van der Waals surface area (Å²) in [6.07, 6.45) is 0.285. The van der Waals surface area contributed by atoms with Crippen LogP contribution in [0, 0.1) is 0 Å². The Hall–Kier alpha value is -3.31. The highest BCUT2D eigenvalue weighted by atomic mass is 32.1. The Balaban J connectivity index is 1.82. The Kier molecular flexibility index (Phi) is 14.2. The molecule has 39 heavy (non-hydrogen) atoms. The zero-order valence-electron chi connectivity index (χ0n) is 23.3. The third-order valence-corrected chi connectivity index (χ3v) is 6.20. The lowest BCUT2D eigenvalue weighted by atomic mass is 10.1. The van der Waals surface area contributed by atoms with Gasteiger partial charge in [0.05, 0.1) is 19.2 Å². The molecule has 10 nitrogen and oxygen atoms in total. The highest BCUT2D eigenvalue weighted by Gasteiger charge is 2.22. The van der Waals surface area contributed by atoms with Crippen LogP contribution in [0.4, 0.5) is 14.4 Å². The summed E-state index contributed by atoms with van der Waals surface area (Å²) >= 11 is 1.56. The molecule has 1 heterocycles. The first-order chi connectivity index (χ1) is 18.7. The van der Waals surface area contributed by atoms with Crippen molar-refractivity contribution in [1.82, 2.24) is 15.5 Å². The van der Waals surface area contributed by atoms with Gasteiger partial charge in [0.2, 0.25) is 0 Å². The third-order valence-electron chi connectivity index (χ3n) is 5.34. The van der Waals surface area contributed by atoms with E-state index in [1.165, 1.54) is 0 Å². The lowest BCUT2D eigenvalue weighted by Crippen LogP contribution is -2.43. The van der Waals surface area contributed by atoms with Crippen LogP contribution in [0.3, 0.4) is 0 Å². The molecule has 0 saturated carbocycles. The average Bonchev–Trinajstić information content (AvgIpc) is 3.40. The number of ether oxygens (including phenoxy) is 4. The van der Waals surface area contributed by atoms with Gasteiger partial charge < -0.3 is 34.5 Å². The van der Waals surface area contributed by atoms with Crippen molar-refractivity contribution < 1.29 is 33.3 Å². The van der Waals surface area contributed by atoms with E-state index in [4.69, 9.17) is 18.9 Å². The van der Waals surface area contributed by atoms with Gasteiger partial charge >= 0.3 is 18.3 Å². The van der Waals surface area contributed by atoms with Crippen molar-refractivity contribution in [2.24, 2.45) is 0 Å². The first-order valence-electron chi connectivity index (χ1n) is 13.0. The SMILES string of the molecule is COCCN(Cc1cccs1)C(=O)OC[C@H](CCCCNC(=O)OCc1ccccc1)NC(=O)OC(C)(C)C. The van der Waals surface area contributed by atoms with E-state index in [0.29, 0.717) is 45.5 Å². The second-order valence-electron chi connectivity index (χ2n) is 9.90. The third kappa shape index (κ3) is 14.4. The van der Waals surface area contributed by atoms with Gasteiger partial charge in [0, 0.05) is 25.1 Å². The molecule has 1 aromatic carbocycles. The van der Waals surface area contributed by atoms with Crippen molar-refractivity contribution in [2.75, 3.05) is 33.4 Å². The monoisotopic (exact) mass is 563 g/mol. The molecule has 0 bridgehead atoms. The van der Waals surface area contributed by atoms with Crippen LogP contribution in [-0.2, 0) is 32.1 Å². The van der Waals surface area contributed by atoms with Crippen molar-refractivity contribution in [3.8, 4) is 0 Å². The molecule has 0 aliphatic rings. The minimum Gasteiger partial charge on any atom is -0.447 e. The highest BCUT2D eigenvalue weighted by Crippen LogP contribution is 2.14. The molecule has 0 saturated heterocycles. The molecular formula is C28H41N3O7S. The lowest BCUT2D eigenvalue weighted by molar-refractivity contribution is 0.0436. The average molecular weight is 564 g/mol. The maximum atomic E-state index is 12.9. The number of methoxy groups -OCH3 is 1. The van der Waals surface area contributed by atoms with Crippen molar-refractivity contribution >= 4 is 29.6 Å². The number of nitrogens with zero attached hydrogens (tertiary/aromatic N) is 1. The highest BCUT2D eigenvalue weighted by molar-refractivity contribution is 7.09. The zero-order valence-corrected chi connectivity index (χ0v) is 24.1. The minimum absolute atomic E-state index is 0.0153. The molecule has 2 rings (SSSR count). The number of carbonyl (C=O) groups is 3. The Morgan fingerprint density at radius 3 is 2.44 bits per heavy atom. The van der Waals surface area contributed by atoms with E-state index in [9.17, 15) is 14.4 Å². The smallest absolute Gasteiger partial charge is 0.410 e. The lowest BCUT2D eigenvalue weighted by Gasteiger charge is -2.25. The summed E-state index contributed by atoms with van der Waals surface area (Å²) in [5.41, 5.74) is 0.252. The quantitative estimate of drug-likeness (QED) is 0.222. The van der Waals surface area contributed by atoms with Crippen molar-refractivity contribution in [3.05, 3.63) is 58.3 Å². The predicted molar refractivity (Wildman–Crippen MR) is 150 cm³/mol. The first-order valence-corrected chi connectivity index (χ1v) is 13.9. The molecule has 1 atom stereocenters. The van der Waals surface area contributed by atoms with Crippen LogP contribution >= 0.6 is 11.3 Å². The summed E-state index contributed by atoms with van der Waals surface area (Å²) in [5.74, 6) is 0. The zero-order chi connectivity index (χ0) is 28.5. The normalized spacial score (nSPS) is 11.8. The van der Waals surface area contributed by atoms with E-state index < -0.39 is 29.9 Å². The van der Waals surface area contributed by atoms with Crippen molar-refractivity contribution in [3.63, 3.8) is 0 Å². The summed E-state index contributed by atoms with van der Waals surface area (Å²) in [4.78, 5) is 39.8. The molecule has 3 amide bonds. The number of unbranched alkanes of at least 4 members (excludes halogenated alkanes) is 1. The van der Waals surface area contributed by atoms with Gasteiger partial charge in [0.15, 0.2) is 0 Å². The standard InChI is InChI=1S/C28H41N3O7S/c1-28(2,3)38-26(33)30-23(13-8-9-15-29-25(32)36-20-22-11-6-5-7-12-22)21-37-27(34)31(16-17-35-4)19-24-14-10-18-39-24/h5-7,10-12,14,18,23H,8-9,13,15-17,19-21H2,1-4H3,(H,29,32)(H,30,33)/t23-/m0/s1. The van der Waals surface area contributed by atoms with Crippen LogP contribution in [0.2, 0.25) is 0 Å². The van der Waals surface area contributed by atoms with Crippen molar-refractivity contribution in [2.45, 2.75) is 64.8 Å². The second kappa shape index (κ2) is 17.3. The maximum Gasteiger partial charge on any atom is 0.410 e. The predicted octanol–water partition coefficient (Wildman–Crippen LogP) is 5.32. The summed E-state index contributed by atoms with van der Waals surface area (Å²) in [6.45, 7) is 7.11. The van der Waals surface area contributed by atoms with E-state index >= 15 is 0 Å². The van der Waals surface area contributed by atoms with Crippen LogP contribution in [0.25, 0.3) is 0 Å². The van der Waals surface area contributed by atoms with E-state index in [1.54, 1.807) is 44.1 Å². The van der Waals surface area contributed by atoms with E-state index in [1.807, 2.05) is 47.8 Å². The molecule has 0 unspecified atom stereocenters. The fraction of sp³-hybridized carbons (Fsp3) is 0.536. The minimum atomic E-state index is -0.660. The second-order valence-corrected chi connectivity index (χ2v) is 10.9. The molecule has 0 aliphatic heterocycles. The fourth-order valence-electron chi connectivity index (χ4n) is 3.44. The Labute approximate surface area is 234 Å². The Bertz CT molecular complexity index is 981. The number of benzene rings is 1. The van der Waals surface area contributed by atoms with Crippen LogP contribution in [0.1, 0.15) is 50.5 Å². The molecule has 216 valence electrons. The number of rotatable bonds is 15. The summed E-state index contributed by atoms with van der Waals surface area (Å²) in [5, 5.41) is 7.48. The summed E-state index contributed by atoms with van der Waals surface area (Å²) in [6, 6.07) is 12.9. The van der Waals surface area contributed by atoms with Crippen LogP contribution in [0.5, 0.6) is 0 Å². The molecular weight excluding hydrogens is 522 g/mol. The molecule has 0 spiro atoms. The number of amides is 3. The maximum absolute atomic E-state index is 12.9. The van der Waals surface area contributed by atoms with Gasteiger partial charge in [-0.15, -0.1) is 11.3 Å². The van der Waals surface area contributed by atoms with Gasteiger partial charge in [-0.05, 0) is 57.0 Å². The number of hydrogen-bond donors (Lipinski definition) is 2. The van der Waals surface area contributed by atoms with E-state index in [-0.39, 0.29) is 13.2 Å².